The van der Waals surface area contributed by atoms with Crippen molar-refractivity contribution < 1.29 is 9.59 Å². The largest absolute Gasteiger partial charge is 0.337 e. The summed E-state index contributed by atoms with van der Waals surface area (Å²) in [4.78, 5) is 28.8. The lowest BCUT2D eigenvalue weighted by molar-refractivity contribution is 0.0737. The quantitative estimate of drug-likeness (QED) is 0.800. The Balaban J connectivity index is 1.89. The molecule has 1 atom stereocenters. The normalized spacial score (nSPS) is 17.7. The molecule has 6 nitrogen and oxygen atoms in total. The van der Waals surface area contributed by atoms with E-state index >= 15 is 0 Å². The molecule has 1 unspecified atom stereocenters. The molecule has 0 aliphatic carbocycles. The first kappa shape index (κ1) is 17.4. The fourth-order valence-electron chi connectivity index (χ4n) is 3.48. The van der Waals surface area contributed by atoms with Gasteiger partial charge in [0.1, 0.15) is 5.69 Å². The van der Waals surface area contributed by atoms with Crippen molar-refractivity contribution in [3.8, 4) is 11.1 Å². The van der Waals surface area contributed by atoms with Gasteiger partial charge in [0, 0.05) is 44.7 Å². The number of hydrogen-bond donors (Lipinski definition) is 0. The van der Waals surface area contributed by atoms with Gasteiger partial charge in [-0.05, 0) is 37.7 Å². The average Bonchev–Trinajstić information content (AvgIpc) is 3.19. The molecule has 132 valence electrons. The van der Waals surface area contributed by atoms with E-state index in [-0.39, 0.29) is 17.7 Å². The van der Waals surface area contributed by atoms with Crippen LogP contribution in [-0.4, -0.2) is 64.5 Å². The van der Waals surface area contributed by atoms with Crippen molar-refractivity contribution in [1.29, 1.82) is 0 Å². The summed E-state index contributed by atoms with van der Waals surface area (Å²) in [5.41, 5.74) is 2.78. The smallest absolute Gasteiger partial charge is 0.253 e. The molecule has 1 aliphatic heterocycles. The first-order valence-corrected chi connectivity index (χ1v) is 8.47. The molecule has 0 radical (unpaired) electrons. The summed E-state index contributed by atoms with van der Waals surface area (Å²) in [6.45, 7) is 3.44. The van der Waals surface area contributed by atoms with Gasteiger partial charge in [0.05, 0.1) is 6.20 Å². The Morgan fingerprint density at radius 1 is 1.28 bits per heavy atom. The topological polar surface area (TPSA) is 58.4 Å². The summed E-state index contributed by atoms with van der Waals surface area (Å²) in [7, 11) is 5.69. The predicted molar refractivity (Wildman–Crippen MR) is 96.6 cm³/mol. The van der Waals surface area contributed by atoms with Crippen LogP contribution in [0, 0.1) is 0 Å². The number of hydrogen-bond acceptors (Lipinski definition) is 4. The van der Waals surface area contributed by atoms with Crippen molar-refractivity contribution >= 4 is 11.7 Å². The number of aromatic nitrogens is 2. The van der Waals surface area contributed by atoms with E-state index in [1.54, 1.807) is 17.9 Å². The summed E-state index contributed by atoms with van der Waals surface area (Å²) in [5, 5.41) is 4.19. The van der Waals surface area contributed by atoms with Gasteiger partial charge >= 0.3 is 0 Å². The summed E-state index contributed by atoms with van der Waals surface area (Å²) in [6.07, 6.45) is 2.67. The first-order valence-electron chi connectivity index (χ1n) is 8.47. The molecule has 1 amide bonds. The van der Waals surface area contributed by atoms with Crippen LogP contribution in [0.5, 0.6) is 0 Å². The van der Waals surface area contributed by atoms with E-state index in [1.165, 1.54) is 6.92 Å². The molecule has 1 aromatic carbocycles. The second-order valence-corrected chi connectivity index (χ2v) is 6.79. The van der Waals surface area contributed by atoms with Gasteiger partial charge in [-0.15, -0.1) is 0 Å². The predicted octanol–water partition coefficient (Wildman–Crippen LogP) is 2.07. The van der Waals surface area contributed by atoms with Crippen LogP contribution in [0.15, 0.2) is 30.5 Å². The molecule has 2 heterocycles. The molecule has 25 heavy (non-hydrogen) atoms. The Labute approximate surface area is 148 Å². The van der Waals surface area contributed by atoms with Crippen LogP contribution >= 0.6 is 0 Å². The molecular weight excluding hydrogens is 316 g/mol. The minimum atomic E-state index is -0.0437. The second-order valence-electron chi connectivity index (χ2n) is 6.79. The van der Waals surface area contributed by atoms with Gasteiger partial charge < -0.3 is 9.80 Å². The Hall–Kier alpha value is -2.47. The van der Waals surface area contributed by atoms with E-state index in [4.69, 9.17) is 0 Å². The highest BCUT2D eigenvalue weighted by molar-refractivity contribution is 6.00. The van der Waals surface area contributed by atoms with E-state index < -0.39 is 0 Å². The van der Waals surface area contributed by atoms with Gasteiger partial charge in [-0.3, -0.25) is 14.3 Å². The van der Waals surface area contributed by atoms with E-state index in [1.807, 2.05) is 36.2 Å². The number of likely N-dealkylation sites (N-methyl/N-ethyl adjacent to an activating group) is 2. The van der Waals surface area contributed by atoms with Crippen LogP contribution in [0.3, 0.4) is 0 Å². The third-order valence-electron chi connectivity index (χ3n) is 4.93. The third kappa shape index (κ3) is 3.35. The van der Waals surface area contributed by atoms with Gasteiger partial charge in [-0.25, -0.2) is 0 Å². The lowest BCUT2D eigenvalue weighted by atomic mass is 10.0. The van der Waals surface area contributed by atoms with Crippen molar-refractivity contribution in [2.45, 2.75) is 19.4 Å². The van der Waals surface area contributed by atoms with Gasteiger partial charge in [0.25, 0.3) is 5.91 Å². The molecule has 6 heteroatoms. The average molecular weight is 340 g/mol. The van der Waals surface area contributed by atoms with Crippen molar-refractivity contribution in [3.05, 3.63) is 41.7 Å². The second kappa shape index (κ2) is 6.80. The maximum absolute atomic E-state index is 12.9. The standard InChI is InChI=1S/C19H24N4O2/c1-13(24)18-17(11-20-23(18)4)14-6-5-7-15(10-14)19(25)22(3)16-8-9-21(2)12-16/h5-7,10-11,16H,8-9,12H2,1-4H3. The fourth-order valence-corrected chi connectivity index (χ4v) is 3.48. The number of amides is 1. The maximum atomic E-state index is 12.9. The van der Waals surface area contributed by atoms with Crippen molar-refractivity contribution in [2.24, 2.45) is 7.05 Å². The molecule has 2 aromatic rings. The summed E-state index contributed by atoms with van der Waals surface area (Å²) < 4.78 is 1.58. The molecule has 1 aromatic heterocycles. The molecule has 0 spiro atoms. The highest BCUT2D eigenvalue weighted by atomic mass is 16.2. The Morgan fingerprint density at radius 3 is 2.68 bits per heavy atom. The van der Waals surface area contributed by atoms with E-state index in [2.05, 4.69) is 17.0 Å². The number of nitrogens with zero attached hydrogens (tertiary/aromatic N) is 4. The number of Topliss-reactive ketones (excluding diaryl/α,β-unsaturated/α-hetero) is 1. The fraction of sp³-hybridized carbons (Fsp3) is 0.421. The molecular formula is C19H24N4O2. The van der Waals surface area contributed by atoms with Crippen molar-refractivity contribution in [1.82, 2.24) is 19.6 Å². The molecule has 0 bridgehead atoms. The van der Waals surface area contributed by atoms with Crippen LogP contribution in [0.4, 0.5) is 0 Å². The minimum absolute atomic E-state index is 0.00964. The molecule has 1 saturated heterocycles. The number of ketones is 1. The first-order chi connectivity index (χ1) is 11.9. The van der Waals surface area contributed by atoms with Gasteiger partial charge in [-0.2, -0.15) is 5.10 Å². The van der Waals surface area contributed by atoms with Crippen molar-refractivity contribution in [2.75, 3.05) is 27.2 Å². The van der Waals surface area contributed by atoms with Crippen LogP contribution < -0.4 is 0 Å². The maximum Gasteiger partial charge on any atom is 0.253 e. The number of benzene rings is 1. The summed E-state index contributed by atoms with van der Waals surface area (Å²) in [5.74, 6) is -0.0340. The van der Waals surface area contributed by atoms with Crippen LogP contribution in [0.25, 0.3) is 11.1 Å². The number of carbonyl (C=O) groups is 2. The Bertz CT molecular complexity index is 812. The van der Waals surface area contributed by atoms with Gasteiger partial charge in [-0.1, -0.05) is 12.1 Å². The van der Waals surface area contributed by atoms with Crippen LogP contribution in [-0.2, 0) is 7.05 Å². The minimum Gasteiger partial charge on any atom is -0.337 e. The summed E-state index contributed by atoms with van der Waals surface area (Å²) >= 11 is 0. The van der Waals surface area contributed by atoms with Gasteiger partial charge in [0.2, 0.25) is 0 Å². The number of aryl methyl sites for hydroxylation is 1. The van der Waals surface area contributed by atoms with Crippen molar-refractivity contribution in [3.63, 3.8) is 0 Å². The zero-order chi connectivity index (χ0) is 18.1. The van der Waals surface area contributed by atoms with E-state index in [9.17, 15) is 9.59 Å². The SMILES string of the molecule is CC(=O)c1c(-c2cccc(C(=O)N(C)C3CCN(C)C3)c2)cnn1C. The zero-order valence-corrected chi connectivity index (χ0v) is 15.2. The monoisotopic (exact) mass is 340 g/mol. The Morgan fingerprint density at radius 2 is 2.04 bits per heavy atom. The molecule has 1 aliphatic rings. The Kier molecular flexibility index (Phi) is 4.72. The van der Waals surface area contributed by atoms with Crippen LogP contribution in [0.1, 0.15) is 34.2 Å². The number of carbonyl (C=O) groups excluding carboxylic acids is 2. The number of rotatable bonds is 4. The lowest BCUT2D eigenvalue weighted by Crippen LogP contribution is -2.38. The van der Waals surface area contributed by atoms with E-state index in [0.29, 0.717) is 11.3 Å². The highest BCUT2D eigenvalue weighted by Crippen LogP contribution is 2.25. The zero-order valence-electron chi connectivity index (χ0n) is 15.2. The number of likely N-dealkylation sites (tertiary alicyclic amines) is 1. The third-order valence-corrected chi connectivity index (χ3v) is 4.93. The lowest BCUT2D eigenvalue weighted by Gasteiger charge is -2.24. The summed E-state index contributed by atoms with van der Waals surface area (Å²) in [6, 6.07) is 7.68. The molecule has 0 N–H and O–H groups in total. The molecule has 3 rings (SSSR count). The van der Waals surface area contributed by atoms with Crippen LogP contribution in [0.2, 0.25) is 0 Å². The molecule has 1 fully saturated rings. The van der Waals surface area contributed by atoms with E-state index in [0.717, 1.165) is 30.6 Å². The van der Waals surface area contributed by atoms with Gasteiger partial charge in [0.15, 0.2) is 5.78 Å². The highest BCUT2D eigenvalue weighted by Gasteiger charge is 2.27. The molecule has 0 saturated carbocycles.